The molecule has 0 saturated heterocycles. The van der Waals surface area contributed by atoms with Gasteiger partial charge < -0.3 is 4.74 Å². The van der Waals surface area contributed by atoms with Gasteiger partial charge in [-0.25, -0.2) is 4.68 Å². The zero-order valence-electron chi connectivity index (χ0n) is 15.1. The molecule has 0 saturated carbocycles. The van der Waals surface area contributed by atoms with Gasteiger partial charge in [0.2, 0.25) is 0 Å². The van der Waals surface area contributed by atoms with Gasteiger partial charge in [-0.05, 0) is 42.0 Å². The number of rotatable bonds is 6. The first-order valence-corrected chi connectivity index (χ1v) is 8.77. The van der Waals surface area contributed by atoms with Crippen LogP contribution in [-0.2, 0) is 6.54 Å². The summed E-state index contributed by atoms with van der Waals surface area (Å²) in [5.74, 6) is 1.61. The van der Waals surface area contributed by atoms with Gasteiger partial charge >= 0.3 is 0 Å². The molecule has 1 heterocycles. The standard InChI is InChI=1S/C22H20N4O/c1-27-21-14-8-9-18(15-21)16-25-17-22(23-24-25)26(19-10-4-2-5-11-19)20-12-6-3-7-13-20/h2-15,17H,16H2,1H3. The van der Waals surface area contributed by atoms with Crippen molar-refractivity contribution in [2.75, 3.05) is 12.0 Å². The number of hydrogen-bond acceptors (Lipinski definition) is 4. The summed E-state index contributed by atoms with van der Waals surface area (Å²) in [6, 6.07) is 28.3. The number of methoxy groups -OCH3 is 1. The molecule has 0 spiro atoms. The number of hydrogen-bond donors (Lipinski definition) is 0. The van der Waals surface area contributed by atoms with Crippen LogP contribution in [0.25, 0.3) is 0 Å². The molecule has 0 fully saturated rings. The van der Waals surface area contributed by atoms with E-state index in [2.05, 4.69) is 45.5 Å². The molecule has 0 bridgehead atoms. The molecule has 0 aliphatic carbocycles. The van der Waals surface area contributed by atoms with Crippen LogP contribution in [0.2, 0.25) is 0 Å². The average Bonchev–Trinajstić information content (AvgIpc) is 3.18. The third-order valence-corrected chi connectivity index (χ3v) is 4.26. The predicted molar refractivity (Wildman–Crippen MR) is 107 cm³/mol. The van der Waals surface area contributed by atoms with E-state index in [0.717, 1.165) is 28.5 Å². The summed E-state index contributed by atoms with van der Waals surface area (Å²) in [6.07, 6.45) is 1.96. The lowest BCUT2D eigenvalue weighted by atomic mass is 10.2. The number of aromatic nitrogens is 3. The molecule has 0 aliphatic heterocycles. The maximum absolute atomic E-state index is 5.30. The SMILES string of the molecule is COc1cccc(Cn2cc(N(c3ccccc3)c3ccccc3)nn2)c1. The molecule has 3 aromatic carbocycles. The summed E-state index contributed by atoms with van der Waals surface area (Å²) in [5, 5.41) is 8.74. The molecule has 5 nitrogen and oxygen atoms in total. The molecule has 0 N–H and O–H groups in total. The normalized spacial score (nSPS) is 10.6. The van der Waals surface area contributed by atoms with Crippen LogP contribution in [0, 0.1) is 0 Å². The van der Waals surface area contributed by atoms with Crippen LogP contribution in [-0.4, -0.2) is 22.1 Å². The lowest BCUT2D eigenvalue weighted by Gasteiger charge is -2.21. The second kappa shape index (κ2) is 7.74. The second-order valence-corrected chi connectivity index (χ2v) is 6.13. The Labute approximate surface area is 158 Å². The molecule has 1 aromatic heterocycles. The third kappa shape index (κ3) is 3.82. The van der Waals surface area contributed by atoms with E-state index in [0.29, 0.717) is 6.54 Å². The van der Waals surface area contributed by atoms with Crippen molar-refractivity contribution >= 4 is 17.2 Å². The maximum atomic E-state index is 5.30. The van der Waals surface area contributed by atoms with E-state index in [-0.39, 0.29) is 0 Å². The van der Waals surface area contributed by atoms with Gasteiger partial charge in [0.1, 0.15) is 5.75 Å². The van der Waals surface area contributed by atoms with E-state index >= 15 is 0 Å². The number of para-hydroxylation sites is 2. The van der Waals surface area contributed by atoms with Crippen molar-refractivity contribution in [2.24, 2.45) is 0 Å². The van der Waals surface area contributed by atoms with Crippen LogP contribution in [0.5, 0.6) is 5.75 Å². The molecule has 134 valence electrons. The van der Waals surface area contributed by atoms with Crippen LogP contribution in [0.1, 0.15) is 5.56 Å². The molecule has 5 heteroatoms. The smallest absolute Gasteiger partial charge is 0.180 e. The van der Waals surface area contributed by atoms with E-state index in [1.54, 1.807) is 7.11 Å². The minimum atomic E-state index is 0.627. The molecule has 0 unspecified atom stereocenters. The summed E-state index contributed by atoms with van der Waals surface area (Å²) in [6.45, 7) is 0.627. The fourth-order valence-electron chi connectivity index (χ4n) is 2.99. The van der Waals surface area contributed by atoms with E-state index in [9.17, 15) is 0 Å². The van der Waals surface area contributed by atoms with Crippen molar-refractivity contribution in [2.45, 2.75) is 6.54 Å². The van der Waals surface area contributed by atoms with Gasteiger partial charge in [-0.15, -0.1) is 5.10 Å². The summed E-state index contributed by atoms with van der Waals surface area (Å²) < 4.78 is 7.13. The van der Waals surface area contributed by atoms with Crippen molar-refractivity contribution in [3.05, 3.63) is 96.7 Å². The highest BCUT2D eigenvalue weighted by atomic mass is 16.5. The van der Waals surface area contributed by atoms with E-state index < -0.39 is 0 Å². The van der Waals surface area contributed by atoms with E-state index in [4.69, 9.17) is 4.74 Å². The summed E-state index contributed by atoms with van der Waals surface area (Å²) in [5.41, 5.74) is 3.19. The monoisotopic (exact) mass is 356 g/mol. The summed E-state index contributed by atoms with van der Waals surface area (Å²) in [4.78, 5) is 2.09. The number of ether oxygens (including phenoxy) is 1. The second-order valence-electron chi connectivity index (χ2n) is 6.13. The highest BCUT2D eigenvalue weighted by Gasteiger charge is 2.15. The van der Waals surface area contributed by atoms with Crippen molar-refractivity contribution in [3.63, 3.8) is 0 Å². The number of nitrogens with zero attached hydrogens (tertiary/aromatic N) is 4. The first kappa shape index (κ1) is 16.8. The van der Waals surface area contributed by atoms with Crippen LogP contribution < -0.4 is 9.64 Å². The molecular weight excluding hydrogens is 336 g/mol. The minimum absolute atomic E-state index is 0.627. The highest BCUT2D eigenvalue weighted by Crippen LogP contribution is 2.32. The Bertz CT molecular complexity index is 960. The fourth-order valence-corrected chi connectivity index (χ4v) is 2.99. The Balaban J connectivity index is 1.66. The molecule has 0 atom stereocenters. The number of benzene rings is 3. The van der Waals surface area contributed by atoms with Gasteiger partial charge in [-0.1, -0.05) is 53.7 Å². The van der Waals surface area contributed by atoms with Crippen LogP contribution >= 0.6 is 0 Å². The van der Waals surface area contributed by atoms with E-state index in [1.165, 1.54) is 0 Å². The molecule has 0 aliphatic rings. The maximum Gasteiger partial charge on any atom is 0.180 e. The van der Waals surface area contributed by atoms with Crippen molar-refractivity contribution < 1.29 is 4.74 Å². The molecule has 0 radical (unpaired) electrons. The quantitative estimate of drug-likeness (QED) is 0.497. The first-order valence-electron chi connectivity index (χ1n) is 8.77. The Hall–Kier alpha value is -3.60. The Morgan fingerprint density at radius 3 is 2.15 bits per heavy atom. The highest BCUT2D eigenvalue weighted by molar-refractivity contribution is 5.73. The van der Waals surface area contributed by atoms with Gasteiger partial charge in [-0.2, -0.15) is 0 Å². The van der Waals surface area contributed by atoms with Crippen molar-refractivity contribution in [3.8, 4) is 5.75 Å². The summed E-state index contributed by atoms with van der Waals surface area (Å²) >= 11 is 0. The Kier molecular flexibility index (Phi) is 4.83. The van der Waals surface area contributed by atoms with Crippen LogP contribution in [0.15, 0.2) is 91.1 Å². The molecule has 27 heavy (non-hydrogen) atoms. The first-order chi connectivity index (χ1) is 13.3. The van der Waals surface area contributed by atoms with Gasteiger partial charge in [0, 0.05) is 11.4 Å². The average molecular weight is 356 g/mol. The molecule has 4 aromatic rings. The van der Waals surface area contributed by atoms with Gasteiger partial charge in [0.05, 0.1) is 19.9 Å². The molecule has 4 rings (SSSR count). The fraction of sp³-hybridized carbons (Fsp3) is 0.0909. The zero-order chi connectivity index (χ0) is 18.5. The molecule has 0 amide bonds. The third-order valence-electron chi connectivity index (χ3n) is 4.26. The largest absolute Gasteiger partial charge is 0.497 e. The lowest BCUT2D eigenvalue weighted by Crippen LogP contribution is -2.10. The zero-order valence-corrected chi connectivity index (χ0v) is 15.1. The topological polar surface area (TPSA) is 43.2 Å². The van der Waals surface area contributed by atoms with Gasteiger partial charge in [0.15, 0.2) is 5.82 Å². The summed E-state index contributed by atoms with van der Waals surface area (Å²) in [7, 11) is 1.67. The Morgan fingerprint density at radius 2 is 1.52 bits per heavy atom. The lowest BCUT2D eigenvalue weighted by molar-refractivity contribution is 0.414. The predicted octanol–water partition coefficient (Wildman–Crippen LogP) is 4.80. The van der Waals surface area contributed by atoms with Crippen LogP contribution in [0.4, 0.5) is 17.2 Å². The van der Waals surface area contributed by atoms with E-state index in [1.807, 2.05) is 65.5 Å². The van der Waals surface area contributed by atoms with Crippen molar-refractivity contribution in [1.82, 2.24) is 15.0 Å². The van der Waals surface area contributed by atoms with Gasteiger partial charge in [-0.3, -0.25) is 4.90 Å². The Morgan fingerprint density at radius 1 is 0.852 bits per heavy atom. The van der Waals surface area contributed by atoms with Crippen LogP contribution in [0.3, 0.4) is 0 Å². The molecular formula is C22H20N4O. The van der Waals surface area contributed by atoms with Crippen molar-refractivity contribution in [1.29, 1.82) is 0 Å². The van der Waals surface area contributed by atoms with Gasteiger partial charge in [0.25, 0.3) is 0 Å². The number of anilines is 3. The minimum Gasteiger partial charge on any atom is -0.497 e.